The van der Waals surface area contributed by atoms with Gasteiger partial charge in [0.25, 0.3) is 15.0 Å². The van der Waals surface area contributed by atoms with Crippen LogP contribution in [0, 0.1) is 0 Å². The molecule has 0 spiro atoms. The normalized spacial score (nSPS) is 13.0. The van der Waals surface area contributed by atoms with Gasteiger partial charge in [0.2, 0.25) is 0 Å². The Kier molecular flexibility index (Phi) is 6.64. The van der Waals surface area contributed by atoms with Gasteiger partial charge in [-0.25, -0.2) is 8.42 Å². The molecule has 0 saturated heterocycles. The van der Waals surface area contributed by atoms with Gasteiger partial charge in [-0.05, 0) is 37.5 Å². The Balaban J connectivity index is 3.01. The van der Waals surface area contributed by atoms with Crippen LogP contribution >= 0.6 is 10.7 Å². The Morgan fingerprint density at radius 1 is 1.43 bits per heavy atom. The third-order valence-corrected chi connectivity index (χ3v) is 4.47. The van der Waals surface area contributed by atoms with Gasteiger partial charge in [-0.3, -0.25) is 4.79 Å². The Morgan fingerprint density at radius 2 is 2.10 bits per heavy atom. The summed E-state index contributed by atoms with van der Waals surface area (Å²) in [5.74, 6) is -0.308. The van der Waals surface area contributed by atoms with Crippen molar-refractivity contribution in [2.24, 2.45) is 0 Å². The molecule has 0 fully saturated rings. The molecule has 1 aromatic carbocycles. The maximum absolute atomic E-state index is 12.3. The van der Waals surface area contributed by atoms with E-state index in [0.29, 0.717) is 25.0 Å². The van der Waals surface area contributed by atoms with E-state index in [1.807, 2.05) is 13.8 Å². The summed E-state index contributed by atoms with van der Waals surface area (Å²) in [4.78, 5) is 12.2. The van der Waals surface area contributed by atoms with Crippen molar-refractivity contribution in [2.75, 3.05) is 13.7 Å². The van der Waals surface area contributed by atoms with Crippen molar-refractivity contribution in [3.8, 4) is 0 Å². The lowest BCUT2D eigenvalue weighted by Crippen LogP contribution is -2.34. The molecule has 0 heterocycles. The molecule has 1 unspecified atom stereocenters. The van der Waals surface area contributed by atoms with Gasteiger partial charge in [0.1, 0.15) is 0 Å². The van der Waals surface area contributed by atoms with Crippen LogP contribution in [0.4, 0.5) is 0 Å². The number of nitrogens with one attached hydrogen (secondary N) is 1. The van der Waals surface area contributed by atoms with E-state index in [1.54, 1.807) is 13.2 Å². The first-order valence-corrected chi connectivity index (χ1v) is 8.98. The summed E-state index contributed by atoms with van der Waals surface area (Å²) in [7, 11) is 3.07. The number of benzene rings is 1. The molecule has 5 nitrogen and oxygen atoms in total. The van der Waals surface area contributed by atoms with E-state index in [-0.39, 0.29) is 16.8 Å². The molecule has 1 rings (SSSR count). The fourth-order valence-corrected chi connectivity index (χ4v) is 2.67. The van der Waals surface area contributed by atoms with Gasteiger partial charge in [0.05, 0.1) is 4.90 Å². The minimum Gasteiger partial charge on any atom is -0.385 e. The van der Waals surface area contributed by atoms with E-state index < -0.39 is 9.05 Å². The summed E-state index contributed by atoms with van der Waals surface area (Å²) < 4.78 is 27.7. The first kappa shape index (κ1) is 17.9. The number of hydrogen-bond acceptors (Lipinski definition) is 4. The quantitative estimate of drug-likeness (QED) is 0.777. The van der Waals surface area contributed by atoms with Crippen LogP contribution in [0.25, 0.3) is 0 Å². The SMILES string of the molecule is CCc1ccc(S(=O)(=O)Cl)cc1C(=O)NC(C)CCOC. The highest BCUT2D eigenvalue weighted by atomic mass is 35.7. The van der Waals surface area contributed by atoms with Gasteiger partial charge in [0.15, 0.2) is 0 Å². The van der Waals surface area contributed by atoms with E-state index in [4.69, 9.17) is 15.4 Å². The Bertz CT molecular complexity index is 601. The van der Waals surface area contributed by atoms with Crippen molar-refractivity contribution in [3.63, 3.8) is 0 Å². The van der Waals surface area contributed by atoms with Crippen molar-refractivity contribution in [2.45, 2.75) is 37.6 Å². The zero-order chi connectivity index (χ0) is 16.0. The van der Waals surface area contributed by atoms with E-state index in [0.717, 1.165) is 5.56 Å². The third kappa shape index (κ3) is 5.30. The molecule has 1 atom stereocenters. The van der Waals surface area contributed by atoms with E-state index in [1.165, 1.54) is 12.1 Å². The molecule has 0 saturated carbocycles. The fourth-order valence-electron chi connectivity index (χ4n) is 1.90. The molecule has 1 N–H and O–H groups in total. The van der Waals surface area contributed by atoms with E-state index in [2.05, 4.69) is 5.32 Å². The molecule has 21 heavy (non-hydrogen) atoms. The predicted octanol–water partition coefficient (Wildman–Crippen LogP) is 2.33. The summed E-state index contributed by atoms with van der Waals surface area (Å²) >= 11 is 0. The zero-order valence-corrected chi connectivity index (χ0v) is 13.9. The topological polar surface area (TPSA) is 72.5 Å². The predicted molar refractivity (Wildman–Crippen MR) is 82.3 cm³/mol. The van der Waals surface area contributed by atoms with Crippen LogP contribution in [0.3, 0.4) is 0 Å². The van der Waals surface area contributed by atoms with Crippen LogP contribution in [-0.2, 0) is 20.2 Å². The molecule has 118 valence electrons. The molecule has 0 bridgehead atoms. The third-order valence-electron chi connectivity index (χ3n) is 3.12. The lowest BCUT2D eigenvalue weighted by molar-refractivity contribution is 0.0928. The molecule has 7 heteroatoms. The Morgan fingerprint density at radius 3 is 2.62 bits per heavy atom. The van der Waals surface area contributed by atoms with Crippen LogP contribution in [-0.4, -0.2) is 34.1 Å². The first-order chi connectivity index (χ1) is 9.79. The van der Waals surface area contributed by atoms with Crippen LogP contribution < -0.4 is 5.32 Å². The van der Waals surface area contributed by atoms with Crippen LogP contribution in [0.15, 0.2) is 23.1 Å². The van der Waals surface area contributed by atoms with Gasteiger partial charge in [0, 0.05) is 36.0 Å². The average molecular weight is 334 g/mol. The second-order valence-corrected chi connectivity index (χ2v) is 7.33. The standard InChI is InChI=1S/C14H20ClNO4S/c1-4-11-5-6-12(21(15,18)19)9-13(11)14(17)16-10(2)7-8-20-3/h5-6,9-10H,4,7-8H2,1-3H3,(H,16,17). The minimum atomic E-state index is -3.85. The van der Waals surface area contributed by atoms with Crippen molar-refractivity contribution < 1.29 is 17.9 Å². The highest BCUT2D eigenvalue weighted by Gasteiger charge is 2.18. The Labute approximate surface area is 130 Å². The number of carbonyl (C=O) groups is 1. The number of hydrogen-bond donors (Lipinski definition) is 1. The second kappa shape index (κ2) is 7.77. The minimum absolute atomic E-state index is 0.0709. The number of aryl methyl sites for hydroxylation is 1. The van der Waals surface area contributed by atoms with Gasteiger partial charge < -0.3 is 10.1 Å². The lowest BCUT2D eigenvalue weighted by Gasteiger charge is -2.15. The summed E-state index contributed by atoms with van der Waals surface area (Å²) in [5, 5.41) is 2.83. The molecule has 1 amide bonds. The van der Waals surface area contributed by atoms with Crippen molar-refractivity contribution in [1.29, 1.82) is 0 Å². The van der Waals surface area contributed by atoms with Crippen molar-refractivity contribution >= 4 is 25.6 Å². The van der Waals surface area contributed by atoms with Gasteiger partial charge >= 0.3 is 0 Å². The fraction of sp³-hybridized carbons (Fsp3) is 0.500. The molecule has 0 aliphatic heterocycles. The molecule has 1 aromatic rings. The van der Waals surface area contributed by atoms with Gasteiger partial charge in [-0.2, -0.15) is 0 Å². The summed E-state index contributed by atoms with van der Waals surface area (Å²) in [6, 6.07) is 4.27. The summed E-state index contributed by atoms with van der Waals surface area (Å²) in [5.41, 5.74) is 1.11. The molecule has 0 aromatic heterocycles. The van der Waals surface area contributed by atoms with Crippen molar-refractivity contribution in [3.05, 3.63) is 29.3 Å². The lowest BCUT2D eigenvalue weighted by atomic mass is 10.0. The Hall–Kier alpha value is -1.11. The number of ether oxygens (including phenoxy) is 1. The number of amides is 1. The molecular formula is C14H20ClNO4S. The maximum atomic E-state index is 12.3. The largest absolute Gasteiger partial charge is 0.385 e. The van der Waals surface area contributed by atoms with Crippen LogP contribution in [0.1, 0.15) is 36.2 Å². The number of rotatable bonds is 7. The molecule has 0 aliphatic rings. The molecular weight excluding hydrogens is 314 g/mol. The monoisotopic (exact) mass is 333 g/mol. The molecule has 0 aliphatic carbocycles. The smallest absolute Gasteiger partial charge is 0.261 e. The molecule has 0 radical (unpaired) electrons. The van der Waals surface area contributed by atoms with Crippen LogP contribution in [0.5, 0.6) is 0 Å². The zero-order valence-electron chi connectivity index (χ0n) is 12.3. The van der Waals surface area contributed by atoms with Gasteiger partial charge in [-0.1, -0.05) is 13.0 Å². The summed E-state index contributed by atoms with van der Waals surface area (Å²) in [6.45, 7) is 4.30. The second-order valence-electron chi connectivity index (χ2n) is 4.77. The van der Waals surface area contributed by atoms with E-state index in [9.17, 15) is 13.2 Å². The highest BCUT2D eigenvalue weighted by molar-refractivity contribution is 8.13. The van der Waals surface area contributed by atoms with Gasteiger partial charge in [-0.15, -0.1) is 0 Å². The summed E-state index contributed by atoms with van der Waals surface area (Å²) in [6.07, 6.45) is 1.30. The first-order valence-electron chi connectivity index (χ1n) is 6.67. The number of carbonyl (C=O) groups excluding carboxylic acids is 1. The maximum Gasteiger partial charge on any atom is 0.261 e. The number of halogens is 1. The van der Waals surface area contributed by atoms with Crippen molar-refractivity contribution in [1.82, 2.24) is 5.32 Å². The number of methoxy groups -OCH3 is 1. The van der Waals surface area contributed by atoms with Crippen LogP contribution in [0.2, 0.25) is 0 Å². The van der Waals surface area contributed by atoms with E-state index >= 15 is 0 Å². The average Bonchev–Trinajstić information content (AvgIpc) is 2.43. The highest BCUT2D eigenvalue weighted by Crippen LogP contribution is 2.20.